The molecule has 1 unspecified atom stereocenters. The normalized spacial score (nSPS) is 11.4. The van der Waals surface area contributed by atoms with Crippen molar-refractivity contribution in [3.8, 4) is 5.75 Å². The highest BCUT2D eigenvalue weighted by atomic mass is 79.9. The van der Waals surface area contributed by atoms with Gasteiger partial charge < -0.3 is 10.1 Å². The summed E-state index contributed by atoms with van der Waals surface area (Å²) in [5, 5.41) is 4.60. The number of amides is 3. The van der Waals surface area contributed by atoms with Gasteiger partial charge in [0.2, 0.25) is 0 Å². The first kappa shape index (κ1) is 17.2. The van der Waals surface area contributed by atoms with Gasteiger partial charge in [-0.2, -0.15) is 0 Å². The Bertz CT molecular complexity index is 560. The average Bonchev–Trinajstić information content (AvgIpc) is 2.38. The standard InChI is InChI=1S/C14H17BrN2O4/c1-4-16-14(20)17-13(19)9(3)21-12-7-10(15)5-6-11(12)8(2)18/h5-7,9H,4H2,1-3H3,(H2,16,17,19,20). The van der Waals surface area contributed by atoms with Crippen LogP contribution < -0.4 is 15.4 Å². The molecule has 6 nitrogen and oxygen atoms in total. The van der Waals surface area contributed by atoms with Crippen LogP contribution in [0.3, 0.4) is 0 Å². The summed E-state index contributed by atoms with van der Waals surface area (Å²) in [4.78, 5) is 34.6. The van der Waals surface area contributed by atoms with Crippen LogP contribution >= 0.6 is 15.9 Å². The molecular weight excluding hydrogens is 340 g/mol. The Labute approximate surface area is 131 Å². The second-order valence-corrected chi connectivity index (χ2v) is 5.22. The fourth-order valence-corrected chi connectivity index (χ4v) is 1.89. The van der Waals surface area contributed by atoms with E-state index in [1.807, 2.05) is 0 Å². The van der Waals surface area contributed by atoms with Gasteiger partial charge in [0, 0.05) is 11.0 Å². The number of carbonyl (C=O) groups excluding carboxylic acids is 3. The van der Waals surface area contributed by atoms with Crippen LogP contribution in [0.1, 0.15) is 31.1 Å². The summed E-state index contributed by atoms with van der Waals surface area (Å²) in [6.07, 6.45) is -0.917. The number of imide groups is 1. The van der Waals surface area contributed by atoms with Crippen molar-refractivity contribution < 1.29 is 19.1 Å². The number of halogens is 1. The van der Waals surface area contributed by atoms with Crippen LogP contribution in [-0.4, -0.2) is 30.4 Å². The van der Waals surface area contributed by atoms with E-state index in [1.54, 1.807) is 25.1 Å². The minimum absolute atomic E-state index is 0.172. The molecule has 0 aliphatic rings. The number of urea groups is 1. The van der Waals surface area contributed by atoms with E-state index in [4.69, 9.17) is 4.74 Å². The zero-order chi connectivity index (χ0) is 16.0. The van der Waals surface area contributed by atoms with Crippen molar-refractivity contribution in [2.75, 3.05) is 6.54 Å². The lowest BCUT2D eigenvalue weighted by Crippen LogP contribution is -2.45. The first-order valence-corrected chi connectivity index (χ1v) is 7.20. The van der Waals surface area contributed by atoms with Gasteiger partial charge in [-0.3, -0.25) is 14.9 Å². The van der Waals surface area contributed by atoms with E-state index in [0.29, 0.717) is 12.1 Å². The number of nitrogens with one attached hydrogen (secondary N) is 2. The van der Waals surface area contributed by atoms with Crippen molar-refractivity contribution >= 4 is 33.7 Å². The summed E-state index contributed by atoms with van der Waals surface area (Å²) in [6, 6.07) is 4.34. The van der Waals surface area contributed by atoms with Crippen LogP contribution in [0, 0.1) is 0 Å². The fourth-order valence-electron chi connectivity index (χ4n) is 1.55. The summed E-state index contributed by atoms with van der Waals surface area (Å²) in [5.74, 6) is -0.473. The number of rotatable bonds is 5. The Morgan fingerprint density at radius 1 is 1.33 bits per heavy atom. The topological polar surface area (TPSA) is 84.5 Å². The maximum Gasteiger partial charge on any atom is 0.321 e. The summed E-state index contributed by atoms with van der Waals surface area (Å²) in [6.45, 7) is 5.06. The van der Waals surface area contributed by atoms with E-state index in [0.717, 1.165) is 4.47 Å². The summed E-state index contributed by atoms with van der Waals surface area (Å²) < 4.78 is 6.21. The third-order valence-corrected chi connectivity index (χ3v) is 3.06. The second kappa shape index (κ2) is 7.78. The highest BCUT2D eigenvalue weighted by Gasteiger charge is 2.19. The minimum atomic E-state index is -0.917. The Morgan fingerprint density at radius 2 is 2.00 bits per heavy atom. The lowest BCUT2D eigenvalue weighted by molar-refractivity contribution is -0.126. The van der Waals surface area contributed by atoms with E-state index < -0.39 is 18.0 Å². The molecule has 0 fully saturated rings. The number of Topliss-reactive ketones (excluding diaryl/α,β-unsaturated/α-hetero) is 1. The molecule has 0 radical (unpaired) electrons. The lowest BCUT2D eigenvalue weighted by atomic mass is 10.1. The van der Waals surface area contributed by atoms with Gasteiger partial charge in [0.15, 0.2) is 11.9 Å². The van der Waals surface area contributed by atoms with Crippen molar-refractivity contribution in [1.82, 2.24) is 10.6 Å². The number of ether oxygens (including phenoxy) is 1. The van der Waals surface area contributed by atoms with Gasteiger partial charge in [0.1, 0.15) is 5.75 Å². The molecule has 0 bridgehead atoms. The number of carbonyl (C=O) groups is 3. The van der Waals surface area contributed by atoms with Gasteiger partial charge in [-0.05, 0) is 39.0 Å². The quantitative estimate of drug-likeness (QED) is 0.792. The molecule has 0 aromatic heterocycles. The van der Waals surface area contributed by atoms with Crippen molar-refractivity contribution in [3.05, 3.63) is 28.2 Å². The highest BCUT2D eigenvalue weighted by molar-refractivity contribution is 9.10. The highest BCUT2D eigenvalue weighted by Crippen LogP contribution is 2.25. The molecule has 7 heteroatoms. The van der Waals surface area contributed by atoms with Crippen LogP contribution in [-0.2, 0) is 4.79 Å². The van der Waals surface area contributed by atoms with Crippen LogP contribution in [0.2, 0.25) is 0 Å². The lowest BCUT2D eigenvalue weighted by Gasteiger charge is -2.16. The maximum absolute atomic E-state index is 11.8. The van der Waals surface area contributed by atoms with Crippen LogP contribution in [0.5, 0.6) is 5.75 Å². The fraction of sp³-hybridized carbons (Fsp3) is 0.357. The molecule has 0 saturated carbocycles. The zero-order valence-corrected chi connectivity index (χ0v) is 13.6. The molecule has 3 amide bonds. The van der Waals surface area contributed by atoms with Gasteiger partial charge in [-0.25, -0.2) is 4.79 Å². The van der Waals surface area contributed by atoms with Crippen LogP contribution in [0.25, 0.3) is 0 Å². The first-order chi connectivity index (χ1) is 9.85. The van der Waals surface area contributed by atoms with Crippen molar-refractivity contribution in [3.63, 3.8) is 0 Å². The molecule has 0 aliphatic heterocycles. The zero-order valence-electron chi connectivity index (χ0n) is 12.0. The predicted molar refractivity (Wildman–Crippen MR) is 81.5 cm³/mol. The first-order valence-electron chi connectivity index (χ1n) is 6.41. The molecular formula is C14H17BrN2O4. The van der Waals surface area contributed by atoms with E-state index in [9.17, 15) is 14.4 Å². The second-order valence-electron chi connectivity index (χ2n) is 4.31. The number of ketones is 1. The van der Waals surface area contributed by atoms with Crippen LogP contribution in [0.4, 0.5) is 4.79 Å². The molecule has 1 rings (SSSR count). The molecule has 0 aliphatic carbocycles. The van der Waals surface area contributed by atoms with E-state index in [1.165, 1.54) is 13.8 Å². The number of hydrogen-bond acceptors (Lipinski definition) is 4. The van der Waals surface area contributed by atoms with E-state index in [-0.39, 0.29) is 11.5 Å². The summed E-state index contributed by atoms with van der Waals surface area (Å²) >= 11 is 3.28. The molecule has 1 atom stereocenters. The molecule has 0 heterocycles. The SMILES string of the molecule is CCNC(=O)NC(=O)C(C)Oc1cc(Br)ccc1C(C)=O. The molecule has 1 aromatic rings. The Kier molecular flexibility index (Phi) is 6.36. The molecule has 1 aromatic carbocycles. The van der Waals surface area contributed by atoms with Gasteiger partial charge in [0.05, 0.1) is 5.56 Å². The number of hydrogen-bond donors (Lipinski definition) is 2. The Hall–Kier alpha value is -1.89. The summed E-state index contributed by atoms with van der Waals surface area (Å²) in [7, 11) is 0. The molecule has 114 valence electrons. The maximum atomic E-state index is 11.8. The minimum Gasteiger partial charge on any atom is -0.480 e. The number of benzene rings is 1. The van der Waals surface area contributed by atoms with Gasteiger partial charge in [-0.15, -0.1) is 0 Å². The monoisotopic (exact) mass is 356 g/mol. The van der Waals surface area contributed by atoms with Crippen molar-refractivity contribution in [2.45, 2.75) is 26.9 Å². The largest absolute Gasteiger partial charge is 0.480 e. The predicted octanol–water partition coefficient (Wildman–Crippen LogP) is 2.26. The van der Waals surface area contributed by atoms with Gasteiger partial charge in [-0.1, -0.05) is 15.9 Å². The molecule has 2 N–H and O–H groups in total. The van der Waals surface area contributed by atoms with Crippen molar-refractivity contribution in [2.24, 2.45) is 0 Å². The third kappa shape index (κ3) is 5.18. The Morgan fingerprint density at radius 3 is 2.57 bits per heavy atom. The molecule has 21 heavy (non-hydrogen) atoms. The average molecular weight is 357 g/mol. The molecule has 0 saturated heterocycles. The van der Waals surface area contributed by atoms with Gasteiger partial charge in [0.25, 0.3) is 5.91 Å². The Balaban J connectivity index is 2.80. The smallest absolute Gasteiger partial charge is 0.321 e. The van der Waals surface area contributed by atoms with Crippen LogP contribution in [0.15, 0.2) is 22.7 Å². The van der Waals surface area contributed by atoms with Crippen molar-refractivity contribution in [1.29, 1.82) is 0 Å². The third-order valence-electron chi connectivity index (χ3n) is 2.57. The van der Waals surface area contributed by atoms with Gasteiger partial charge >= 0.3 is 6.03 Å². The molecule has 0 spiro atoms. The summed E-state index contributed by atoms with van der Waals surface area (Å²) in [5.41, 5.74) is 0.371. The van der Waals surface area contributed by atoms with E-state index >= 15 is 0 Å². The van der Waals surface area contributed by atoms with E-state index in [2.05, 4.69) is 26.6 Å².